The zero-order chi connectivity index (χ0) is 16.1. The number of carbonyl (C=O) groups is 1. The Bertz CT molecular complexity index is 796. The van der Waals surface area contributed by atoms with E-state index < -0.39 is 0 Å². The van der Waals surface area contributed by atoms with Crippen molar-refractivity contribution in [3.05, 3.63) is 54.1 Å². The molecule has 118 valence electrons. The van der Waals surface area contributed by atoms with Crippen molar-refractivity contribution in [3.63, 3.8) is 0 Å². The molecular weight excluding hydrogens is 292 g/mol. The maximum absolute atomic E-state index is 12.0. The van der Waals surface area contributed by atoms with Crippen molar-refractivity contribution in [2.75, 3.05) is 13.2 Å². The van der Waals surface area contributed by atoms with Crippen molar-refractivity contribution >= 4 is 16.9 Å². The van der Waals surface area contributed by atoms with Gasteiger partial charge in [-0.1, -0.05) is 35.0 Å². The maximum Gasteiger partial charge on any atom is 0.241 e. The molecule has 0 saturated heterocycles. The van der Waals surface area contributed by atoms with E-state index in [2.05, 4.69) is 15.6 Å². The zero-order valence-corrected chi connectivity index (χ0v) is 12.9. The van der Waals surface area contributed by atoms with Crippen LogP contribution in [0.25, 0.3) is 11.0 Å². The highest BCUT2D eigenvalue weighted by Gasteiger charge is 2.07. The molecule has 3 aromatic rings. The van der Waals surface area contributed by atoms with Gasteiger partial charge in [-0.2, -0.15) is 0 Å². The highest BCUT2D eigenvalue weighted by atomic mass is 16.5. The van der Waals surface area contributed by atoms with E-state index in [4.69, 9.17) is 4.74 Å². The molecule has 1 N–H and O–H groups in total. The number of para-hydroxylation sites is 1. The van der Waals surface area contributed by atoms with Crippen molar-refractivity contribution < 1.29 is 9.53 Å². The summed E-state index contributed by atoms with van der Waals surface area (Å²) < 4.78 is 7.16. The monoisotopic (exact) mass is 310 g/mol. The van der Waals surface area contributed by atoms with Crippen molar-refractivity contribution in [1.29, 1.82) is 0 Å². The number of fused-ring (bicyclic) bond motifs is 1. The number of hydrogen-bond donors (Lipinski definition) is 1. The summed E-state index contributed by atoms with van der Waals surface area (Å²) in [6.07, 6.45) is 0. The van der Waals surface area contributed by atoms with Gasteiger partial charge in [0.05, 0.1) is 12.1 Å². The fourth-order valence-corrected chi connectivity index (χ4v) is 2.22. The van der Waals surface area contributed by atoms with Crippen LogP contribution in [-0.2, 0) is 11.3 Å². The number of nitrogens with one attached hydrogen (secondary N) is 1. The minimum atomic E-state index is -0.117. The summed E-state index contributed by atoms with van der Waals surface area (Å²) in [7, 11) is 0. The average molecular weight is 310 g/mol. The molecule has 6 heteroatoms. The molecule has 0 aliphatic heterocycles. The molecule has 1 aromatic heterocycles. The molecule has 0 aliphatic rings. The Morgan fingerprint density at radius 3 is 2.78 bits per heavy atom. The first-order valence-electron chi connectivity index (χ1n) is 7.47. The molecule has 0 unspecified atom stereocenters. The molecule has 1 amide bonds. The molecule has 23 heavy (non-hydrogen) atoms. The van der Waals surface area contributed by atoms with Crippen molar-refractivity contribution in [2.45, 2.75) is 13.5 Å². The lowest BCUT2D eigenvalue weighted by atomic mass is 10.2. The maximum atomic E-state index is 12.0. The Balaban J connectivity index is 1.45. The summed E-state index contributed by atoms with van der Waals surface area (Å²) in [4.78, 5) is 12.0. The summed E-state index contributed by atoms with van der Waals surface area (Å²) in [6, 6.07) is 15.4. The second-order valence-electron chi connectivity index (χ2n) is 5.25. The van der Waals surface area contributed by atoms with E-state index >= 15 is 0 Å². The summed E-state index contributed by atoms with van der Waals surface area (Å²) in [6.45, 7) is 3.04. The van der Waals surface area contributed by atoms with Crippen LogP contribution in [0, 0.1) is 6.92 Å². The molecule has 1 heterocycles. The summed E-state index contributed by atoms with van der Waals surface area (Å²) >= 11 is 0. The molecule has 2 aromatic carbocycles. The highest BCUT2D eigenvalue weighted by molar-refractivity contribution is 5.79. The van der Waals surface area contributed by atoms with Gasteiger partial charge >= 0.3 is 0 Å². The zero-order valence-electron chi connectivity index (χ0n) is 12.9. The number of ether oxygens (including phenoxy) is 1. The largest absolute Gasteiger partial charge is 0.492 e. The topological polar surface area (TPSA) is 69.0 Å². The summed E-state index contributed by atoms with van der Waals surface area (Å²) in [5.74, 6) is 0.681. The predicted octanol–water partition coefficient (Wildman–Crippen LogP) is 1.93. The average Bonchev–Trinajstić information content (AvgIpc) is 2.96. The normalized spacial score (nSPS) is 10.7. The lowest BCUT2D eigenvalue weighted by molar-refractivity contribution is -0.121. The Morgan fingerprint density at radius 1 is 1.17 bits per heavy atom. The minimum absolute atomic E-state index is 0.117. The third-order valence-electron chi connectivity index (χ3n) is 3.43. The van der Waals surface area contributed by atoms with Gasteiger partial charge < -0.3 is 10.1 Å². The van der Waals surface area contributed by atoms with E-state index in [-0.39, 0.29) is 12.5 Å². The van der Waals surface area contributed by atoms with Gasteiger partial charge in [0.2, 0.25) is 5.91 Å². The smallest absolute Gasteiger partial charge is 0.241 e. The number of amides is 1. The Labute approximate surface area is 134 Å². The summed E-state index contributed by atoms with van der Waals surface area (Å²) in [5.41, 5.74) is 2.81. The van der Waals surface area contributed by atoms with Gasteiger partial charge in [0.25, 0.3) is 0 Å². The van der Waals surface area contributed by atoms with Gasteiger partial charge in [0.15, 0.2) is 0 Å². The first-order valence-corrected chi connectivity index (χ1v) is 7.47. The fraction of sp³-hybridized carbons (Fsp3) is 0.235. The minimum Gasteiger partial charge on any atom is -0.492 e. The lowest BCUT2D eigenvalue weighted by Gasteiger charge is -2.08. The van der Waals surface area contributed by atoms with Crippen LogP contribution < -0.4 is 10.1 Å². The SMILES string of the molecule is Cc1ccc(OCCNC(=O)Cn2nnc3ccccc32)cc1. The van der Waals surface area contributed by atoms with Crippen molar-refractivity contribution in [2.24, 2.45) is 0 Å². The molecule has 0 atom stereocenters. The number of hydrogen-bond acceptors (Lipinski definition) is 4. The first kappa shape index (κ1) is 15.0. The standard InChI is InChI=1S/C17H18N4O2/c1-13-6-8-14(9-7-13)23-11-10-18-17(22)12-21-16-5-3-2-4-15(16)19-20-21/h2-9H,10-12H2,1H3,(H,18,22). The van der Waals surface area contributed by atoms with Gasteiger partial charge in [-0.05, 0) is 31.2 Å². The molecule has 0 spiro atoms. The quantitative estimate of drug-likeness (QED) is 0.706. The first-order chi connectivity index (χ1) is 11.2. The fourth-order valence-electron chi connectivity index (χ4n) is 2.22. The van der Waals surface area contributed by atoms with Crippen LogP contribution in [0.5, 0.6) is 5.75 Å². The van der Waals surface area contributed by atoms with E-state index in [1.54, 1.807) is 4.68 Å². The van der Waals surface area contributed by atoms with Crippen LogP contribution in [0.3, 0.4) is 0 Å². The molecule has 0 bridgehead atoms. The van der Waals surface area contributed by atoms with Gasteiger partial charge in [-0.25, -0.2) is 4.68 Å². The van der Waals surface area contributed by atoms with Crippen LogP contribution in [0.1, 0.15) is 5.56 Å². The van der Waals surface area contributed by atoms with Gasteiger partial charge in [-0.3, -0.25) is 4.79 Å². The Kier molecular flexibility index (Phi) is 4.52. The molecule has 3 rings (SSSR count). The highest BCUT2D eigenvalue weighted by Crippen LogP contribution is 2.11. The molecule has 6 nitrogen and oxygen atoms in total. The van der Waals surface area contributed by atoms with Gasteiger partial charge in [-0.15, -0.1) is 5.10 Å². The number of rotatable bonds is 6. The second-order valence-corrected chi connectivity index (χ2v) is 5.25. The molecular formula is C17H18N4O2. The molecule has 0 saturated carbocycles. The Hall–Kier alpha value is -2.89. The van der Waals surface area contributed by atoms with E-state index in [0.29, 0.717) is 13.2 Å². The van der Waals surface area contributed by atoms with Gasteiger partial charge in [0.1, 0.15) is 24.4 Å². The number of benzene rings is 2. The number of aryl methyl sites for hydroxylation is 1. The second kappa shape index (κ2) is 6.91. The van der Waals surface area contributed by atoms with E-state index in [1.807, 2.05) is 55.5 Å². The number of aromatic nitrogens is 3. The predicted molar refractivity (Wildman–Crippen MR) is 87.2 cm³/mol. The van der Waals surface area contributed by atoms with Crippen LogP contribution in [0.15, 0.2) is 48.5 Å². The Morgan fingerprint density at radius 2 is 1.96 bits per heavy atom. The van der Waals surface area contributed by atoms with Crippen LogP contribution in [0.2, 0.25) is 0 Å². The van der Waals surface area contributed by atoms with Crippen LogP contribution in [-0.4, -0.2) is 34.1 Å². The lowest BCUT2D eigenvalue weighted by Crippen LogP contribution is -2.31. The summed E-state index contributed by atoms with van der Waals surface area (Å²) in [5, 5.41) is 10.8. The third-order valence-corrected chi connectivity index (χ3v) is 3.43. The van der Waals surface area contributed by atoms with Crippen LogP contribution in [0.4, 0.5) is 0 Å². The molecule has 0 fully saturated rings. The van der Waals surface area contributed by atoms with Gasteiger partial charge in [0, 0.05) is 0 Å². The van der Waals surface area contributed by atoms with Crippen molar-refractivity contribution in [1.82, 2.24) is 20.3 Å². The number of nitrogens with zero attached hydrogens (tertiary/aromatic N) is 3. The third kappa shape index (κ3) is 3.85. The number of carbonyl (C=O) groups excluding carboxylic acids is 1. The molecule has 0 aliphatic carbocycles. The van der Waals surface area contributed by atoms with E-state index in [0.717, 1.165) is 16.8 Å². The van der Waals surface area contributed by atoms with Crippen LogP contribution >= 0.6 is 0 Å². The van der Waals surface area contributed by atoms with Crippen molar-refractivity contribution in [3.8, 4) is 5.75 Å². The van der Waals surface area contributed by atoms with E-state index in [9.17, 15) is 4.79 Å². The van der Waals surface area contributed by atoms with E-state index in [1.165, 1.54) is 5.56 Å². The molecule has 0 radical (unpaired) electrons.